The Morgan fingerprint density at radius 3 is 1.74 bits per heavy atom. The second-order valence-corrected chi connectivity index (χ2v) is 22.8. The largest absolute Gasteiger partial charge is 0.486 e. The molecule has 20 rings (SSSR count). The van der Waals surface area contributed by atoms with E-state index in [0.717, 1.165) is 160 Å². The fourth-order valence-electron chi connectivity index (χ4n) is 14.3. The van der Waals surface area contributed by atoms with Gasteiger partial charge in [-0.15, -0.1) is 11.3 Å². The van der Waals surface area contributed by atoms with Gasteiger partial charge in [-0.2, -0.15) is 0 Å². The number of benzene rings is 12. The smallest absolute Gasteiger partial charge is 0.152 e. The second-order valence-electron chi connectivity index (χ2n) is 21.7. The summed E-state index contributed by atoms with van der Waals surface area (Å²) in [5, 5.41) is 15.9. The van der Waals surface area contributed by atoms with Gasteiger partial charge in [-0.1, -0.05) is 121 Å². The van der Waals surface area contributed by atoms with E-state index in [2.05, 4.69) is 226 Å². The van der Waals surface area contributed by atoms with Gasteiger partial charge in [-0.3, -0.25) is 0 Å². The van der Waals surface area contributed by atoms with Gasteiger partial charge in [-0.25, -0.2) is 0 Å². The van der Waals surface area contributed by atoms with Crippen molar-refractivity contribution in [3.8, 4) is 33.9 Å². The molecule has 0 fully saturated rings. The average Bonchev–Trinajstić information content (AvgIpc) is 4.59. The monoisotopic (exact) mass is 1050 g/mol. The molecule has 7 nitrogen and oxygen atoms in total. The van der Waals surface area contributed by atoms with E-state index in [-0.39, 0.29) is 0 Å². The zero-order valence-corrected chi connectivity index (χ0v) is 43.8. The lowest BCUT2D eigenvalue weighted by Gasteiger charge is -2.26. The van der Waals surface area contributed by atoms with Crippen LogP contribution in [0.25, 0.3) is 180 Å². The van der Waals surface area contributed by atoms with Crippen molar-refractivity contribution in [2.45, 2.75) is 6.61 Å². The van der Waals surface area contributed by atoms with Crippen molar-refractivity contribution in [2.24, 2.45) is 0 Å². The molecular weight excluding hydrogens is 1010 g/mol. The van der Waals surface area contributed by atoms with E-state index in [9.17, 15) is 0 Å². The summed E-state index contributed by atoms with van der Waals surface area (Å²) in [5.41, 5.74) is 17.8. The van der Waals surface area contributed by atoms with Crippen LogP contribution in [0.2, 0.25) is 0 Å². The third-order valence-electron chi connectivity index (χ3n) is 17.7. The SMILES string of the molecule is c1ccc2c(c1)oc1c2ccc2c1c1ccccc1n2-c1ccc2c(c1)-c1cc3oc4ccc(-n5c6ccccc6c6c7sc8ccccc8c7ccc65)cc4c3c(-n3c4ccccc4c4ccc5oc6ccccc6c5c43)c1OC2. The summed E-state index contributed by atoms with van der Waals surface area (Å²) in [7, 11) is 0. The molecule has 81 heavy (non-hydrogen) atoms. The van der Waals surface area contributed by atoms with Crippen LogP contribution in [0.5, 0.6) is 5.75 Å². The van der Waals surface area contributed by atoms with Gasteiger partial charge in [0.05, 0.1) is 49.3 Å². The van der Waals surface area contributed by atoms with Gasteiger partial charge in [-0.05, 0) is 114 Å². The maximum atomic E-state index is 7.33. The Hall–Kier alpha value is -10.5. The molecule has 1 aliphatic heterocycles. The highest BCUT2D eigenvalue weighted by atomic mass is 32.1. The van der Waals surface area contributed by atoms with Gasteiger partial charge in [0.2, 0.25) is 0 Å². The molecule has 376 valence electrons. The molecule has 0 aliphatic carbocycles. The summed E-state index contributed by atoms with van der Waals surface area (Å²) in [6.45, 7) is 0.379. The van der Waals surface area contributed by atoms with Crippen LogP contribution in [0, 0.1) is 0 Å². The van der Waals surface area contributed by atoms with E-state index in [1.807, 2.05) is 23.5 Å². The summed E-state index contributed by atoms with van der Waals surface area (Å²) in [4.78, 5) is 0. The zero-order chi connectivity index (χ0) is 52.3. The van der Waals surface area contributed by atoms with Crippen LogP contribution < -0.4 is 4.74 Å². The normalized spacial score (nSPS) is 13.0. The highest BCUT2D eigenvalue weighted by Gasteiger charge is 2.31. The van der Waals surface area contributed by atoms with E-state index < -0.39 is 0 Å². The first-order valence-corrected chi connectivity index (χ1v) is 28.3. The molecule has 0 radical (unpaired) electrons. The molecule has 0 saturated carbocycles. The van der Waals surface area contributed by atoms with Crippen molar-refractivity contribution in [1.29, 1.82) is 0 Å². The van der Waals surface area contributed by atoms with E-state index in [1.165, 1.54) is 30.9 Å². The fourth-order valence-corrected chi connectivity index (χ4v) is 15.6. The molecule has 1 aliphatic rings. The third-order valence-corrected chi connectivity index (χ3v) is 18.9. The van der Waals surface area contributed by atoms with Gasteiger partial charge in [0.15, 0.2) is 5.75 Å². The maximum Gasteiger partial charge on any atom is 0.152 e. The van der Waals surface area contributed by atoms with Crippen LogP contribution in [-0.2, 0) is 6.61 Å². The van der Waals surface area contributed by atoms with Crippen LogP contribution in [0.15, 0.2) is 238 Å². The second kappa shape index (κ2) is 15.2. The highest BCUT2D eigenvalue weighted by molar-refractivity contribution is 7.26. The number of furan rings is 3. The first-order valence-electron chi connectivity index (χ1n) is 27.5. The minimum absolute atomic E-state index is 0.379. The number of aromatic nitrogens is 3. The number of hydrogen-bond acceptors (Lipinski definition) is 5. The fraction of sp³-hybridized carbons (Fsp3) is 0.0137. The van der Waals surface area contributed by atoms with Gasteiger partial charge in [0.25, 0.3) is 0 Å². The van der Waals surface area contributed by atoms with Crippen molar-refractivity contribution >= 4 is 163 Å². The molecule has 0 amide bonds. The van der Waals surface area contributed by atoms with Gasteiger partial charge >= 0.3 is 0 Å². The minimum Gasteiger partial charge on any atom is -0.486 e. The summed E-state index contributed by atoms with van der Waals surface area (Å²) in [6.07, 6.45) is 0. The number of thiophene rings is 1. The predicted octanol–water partition coefficient (Wildman–Crippen LogP) is 20.6. The lowest BCUT2D eigenvalue weighted by Crippen LogP contribution is -2.10. The molecule has 19 aromatic rings. The number of para-hydroxylation sites is 5. The first kappa shape index (κ1) is 42.5. The summed E-state index contributed by atoms with van der Waals surface area (Å²) in [6, 6.07) is 81.0. The standard InChI is InChI=1S/C73H39N3O4S/c1-7-19-54-42(13-1)45-30-34-62-67(50-18-5-11-23-60(50)78-62)69(45)76(54)70-68-53-36-41(75-56-21-9-3-17-49(56)66-58(75)32-29-47-44-15-6-12-24-64(44)81-73(47)66)27-33-61(53)79-63(68)37-52-51-35-40(26-25-39(51)38-77-72(52)70)74-55-20-8-2-16-48(55)65-57(74)31-28-46-43-14-4-10-22-59(43)80-71(46)65/h1-37H,38H2. The average molecular weight is 1050 g/mol. The Balaban J connectivity index is 0.896. The van der Waals surface area contributed by atoms with E-state index in [0.29, 0.717) is 6.61 Å². The van der Waals surface area contributed by atoms with E-state index in [4.69, 9.17) is 18.0 Å². The topological polar surface area (TPSA) is 63.4 Å². The number of nitrogens with zero attached hydrogens (tertiary/aromatic N) is 3. The molecule has 8 heteroatoms. The van der Waals surface area contributed by atoms with Crippen LogP contribution >= 0.6 is 11.3 Å². The van der Waals surface area contributed by atoms with Gasteiger partial charge in [0, 0.05) is 85.6 Å². The molecule has 0 spiro atoms. The van der Waals surface area contributed by atoms with Crippen LogP contribution in [0.1, 0.15) is 5.56 Å². The molecule has 7 aromatic heterocycles. The van der Waals surface area contributed by atoms with Crippen LogP contribution in [-0.4, -0.2) is 13.7 Å². The Morgan fingerprint density at radius 1 is 0.333 bits per heavy atom. The van der Waals surface area contributed by atoms with Gasteiger partial charge in [0.1, 0.15) is 45.8 Å². The molecule has 12 aromatic carbocycles. The molecular formula is C73H39N3O4S. The zero-order valence-electron chi connectivity index (χ0n) is 43.0. The Kier molecular flexibility index (Phi) is 7.96. The van der Waals surface area contributed by atoms with E-state index in [1.54, 1.807) is 0 Å². The lowest BCUT2D eigenvalue weighted by molar-refractivity contribution is 0.302. The van der Waals surface area contributed by atoms with Crippen molar-refractivity contribution in [2.75, 3.05) is 0 Å². The molecule has 8 heterocycles. The maximum absolute atomic E-state index is 7.33. The predicted molar refractivity (Wildman–Crippen MR) is 334 cm³/mol. The molecule has 0 atom stereocenters. The van der Waals surface area contributed by atoms with E-state index >= 15 is 0 Å². The van der Waals surface area contributed by atoms with Crippen molar-refractivity contribution < 1.29 is 18.0 Å². The Bertz CT molecular complexity index is 6050. The van der Waals surface area contributed by atoms with Crippen LogP contribution in [0.3, 0.4) is 0 Å². The summed E-state index contributed by atoms with van der Waals surface area (Å²) < 4.78 is 37.9. The molecule has 0 N–H and O–H groups in total. The highest BCUT2D eigenvalue weighted by Crippen LogP contribution is 2.53. The number of hydrogen-bond donors (Lipinski definition) is 0. The Labute approximate surface area is 462 Å². The first-order chi connectivity index (χ1) is 40.2. The molecule has 0 saturated heterocycles. The molecule has 0 bridgehead atoms. The van der Waals surface area contributed by atoms with Gasteiger partial charge < -0.3 is 31.7 Å². The quantitative estimate of drug-likeness (QED) is 0.177. The summed E-state index contributed by atoms with van der Waals surface area (Å²) >= 11 is 1.88. The van der Waals surface area contributed by atoms with Crippen LogP contribution in [0.4, 0.5) is 0 Å². The Morgan fingerprint density at radius 2 is 0.926 bits per heavy atom. The minimum atomic E-state index is 0.379. The number of rotatable bonds is 3. The lowest BCUT2D eigenvalue weighted by atomic mass is 9.93. The van der Waals surface area contributed by atoms with Crippen molar-refractivity contribution in [1.82, 2.24) is 13.7 Å². The third kappa shape index (κ3) is 5.42. The summed E-state index contributed by atoms with van der Waals surface area (Å²) in [5.74, 6) is 0.794. The molecule has 0 unspecified atom stereocenters. The van der Waals surface area contributed by atoms with Crippen molar-refractivity contribution in [3.63, 3.8) is 0 Å². The van der Waals surface area contributed by atoms with Crippen molar-refractivity contribution in [3.05, 3.63) is 230 Å². The number of fused-ring (bicyclic) bond motifs is 27. The number of ether oxygens (including phenoxy) is 1.